The molecule has 1 aromatic carbocycles. The second-order valence-electron chi connectivity index (χ2n) is 15.1. The fraction of sp³-hybridized carbons (Fsp3) is 0.870. The first-order valence-corrected chi connectivity index (χ1v) is 21.8. The molecule has 0 heteroatoms. The Morgan fingerprint density at radius 1 is 0.239 bits per heavy atom. The molecule has 0 fully saturated rings. The predicted molar refractivity (Wildman–Crippen MR) is 211 cm³/mol. The van der Waals surface area contributed by atoms with Crippen LogP contribution in [0.25, 0.3) is 0 Å². The SMILES string of the molecule is CCCCCCCCc1[c]c(CCCCCCCC)c(CCCCCCCC)c(CCCCCCCC)c1CCCCCCCC. The molecule has 1 rings (SSSR count). The van der Waals surface area contributed by atoms with Gasteiger partial charge in [-0.15, -0.1) is 0 Å². The Bertz CT molecular complexity index is 718. The minimum absolute atomic E-state index is 1.28. The molecule has 0 aliphatic carbocycles. The van der Waals surface area contributed by atoms with Crippen LogP contribution in [0.3, 0.4) is 0 Å². The van der Waals surface area contributed by atoms with Crippen molar-refractivity contribution in [3.63, 3.8) is 0 Å². The topological polar surface area (TPSA) is 0 Å². The summed E-state index contributed by atoms with van der Waals surface area (Å²) in [6.45, 7) is 11.7. The molecular weight excluding hydrogens is 553 g/mol. The van der Waals surface area contributed by atoms with Gasteiger partial charge in [-0.3, -0.25) is 0 Å². The number of hydrogen-bond donors (Lipinski definition) is 0. The summed E-state index contributed by atoms with van der Waals surface area (Å²) >= 11 is 0. The lowest BCUT2D eigenvalue weighted by Crippen LogP contribution is -2.11. The highest BCUT2D eigenvalue weighted by Gasteiger charge is 2.18. The van der Waals surface area contributed by atoms with Crippen LogP contribution in [0.5, 0.6) is 0 Å². The molecule has 0 heterocycles. The maximum atomic E-state index is 4.27. The van der Waals surface area contributed by atoms with Crippen LogP contribution >= 0.6 is 0 Å². The Morgan fingerprint density at radius 2 is 0.457 bits per heavy atom. The van der Waals surface area contributed by atoms with Gasteiger partial charge in [0, 0.05) is 0 Å². The molecule has 0 aliphatic heterocycles. The lowest BCUT2D eigenvalue weighted by atomic mass is 9.81. The second-order valence-corrected chi connectivity index (χ2v) is 15.1. The first kappa shape index (κ1) is 43.2. The quantitative estimate of drug-likeness (QED) is 0.0650. The lowest BCUT2D eigenvalue weighted by molar-refractivity contribution is 0.584. The van der Waals surface area contributed by atoms with Crippen molar-refractivity contribution in [1.82, 2.24) is 0 Å². The van der Waals surface area contributed by atoms with Crippen molar-refractivity contribution in [2.45, 2.75) is 259 Å². The van der Waals surface area contributed by atoms with E-state index in [-0.39, 0.29) is 0 Å². The summed E-state index contributed by atoms with van der Waals surface area (Å²) in [6.07, 6.45) is 48.6. The summed E-state index contributed by atoms with van der Waals surface area (Å²) < 4.78 is 0. The van der Waals surface area contributed by atoms with Crippen LogP contribution in [0, 0.1) is 6.07 Å². The van der Waals surface area contributed by atoms with Crippen molar-refractivity contribution in [2.75, 3.05) is 0 Å². The van der Waals surface area contributed by atoms with Crippen molar-refractivity contribution in [3.05, 3.63) is 33.9 Å². The standard InChI is InChI=1S/C46H85/c1-6-11-16-21-26-31-36-42-41-43(37-32-27-22-17-12-7-2)45(39-34-29-24-19-14-9-4)46(40-35-30-25-20-15-10-5)44(42)38-33-28-23-18-13-8-3/h6-40H2,1-5H3. The number of unbranched alkanes of at least 4 members (excludes halogenated alkanes) is 25. The van der Waals surface area contributed by atoms with Crippen molar-refractivity contribution in [2.24, 2.45) is 0 Å². The van der Waals surface area contributed by atoms with Crippen molar-refractivity contribution in [1.29, 1.82) is 0 Å². The van der Waals surface area contributed by atoms with Gasteiger partial charge in [-0.2, -0.15) is 0 Å². The Balaban J connectivity index is 3.31. The van der Waals surface area contributed by atoms with Gasteiger partial charge in [0.2, 0.25) is 0 Å². The van der Waals surface area contributed by atoms with Crippen molar-refractivity contribution in [3.8, 4) is 0 Å². The first-order valence-electron chi connectivity index (χ1n) is 21.8. The largest absolute Gasteiger partial charge is 0.0654 e. The molecule has 0 unspecified atom stereocenters. The fourth-order valence-corrected chi connectivity index (χ4v) is 7.62. The monoisotopic (exact) mass is 638 g/mol. The van der Waals surface area contributed by atoms with E-state index in [1.807, 2.05) is 5.56 Å². The minimum Gasteiger partial charge on any atom is -0.0654 e. The second kappa shape index (κ2) is 32.8. The molecule has 0 amide bonds. The summed E-state index contributed by atoms with van der Waals surface area (Å²) in [6, 6.07) is 4.27. The van der Waals surface area contributed by atoms with Crippen LogP contribution in [0.1, 0.15) is 255 Å². The van der Waals surface area contributed by atoms with Gasteiger partial charge in [-0.1, -0.05) is 195 Å². The molecule has 1 radical (unpaired) electrons. The van der Waals surface area contributed by atoms with Crippen molar-refractivity contribution < 1.29 is 0 Å². The molecule has 0 saturated carbocycles. The molecule has 269 valence electrons. The van der Waals surface area contributed by atoms with Crippen LogP contribution < -0.4 is 0 Å². The Hall–Kier alpha value is -0.780. The fourth-order valence-electron chi connectivity index (χ4n) is 7.62. The van der Waals surface area contributed by atoms with Crippen LogP contribution in [0.15, 0.2) is 0 Å². The van der Waals surface area contributed by atoms with Gasteiger partial charge in [0.1, 0.15) is 0 Å². The van der Waals surface area contributed by atoms with Gasteiger partial charge >= 0.3 is 0 Å². The number of aryl methyl sites for hydroxylation is 2. The predicted octanol–water partition coefficient (Wildman–Crippen LogP) is 16.0. The van der Waals surface area contributed by atoms with E-state index in [2.05, 4.69) is 40.7 Å². The molecule has 0 nitrogen and oxygen atoms in total. The van der Waals surface area contributed by atoms with E-state index in [1.165, 1.54) is 225 Å². The molecule has 0 atom stereocenters. The molecule has 0 spiro atoms. The highest BCUT2D eigenvalue weighted by molar-refractivity contribution is 5.46. The van der Waals surface area contributed by atoms with Crippen LogP contribution in [-0.4, -0.2) is 0 Å². The van der Waals surface area contributed by atoms with Crippen LogP contribution in [0.4, 0.5) is 0 Å². The summed E-state index contributed by atoms with van der Waals surface area (Å²) in [5.41, 5.74) is 8.77. The smallest absolute Gasteiger partial charge is 0.0108 e. The van der Waals surface area contributed by atoms with Crippen molar-refractivity contribution >= 4 is 0 Å². The summed E-state index contributed by atoms with van der Waals surface area (Å²) in [5.74, 6) is 0. The van der Waals surface area contributed by atoms with E-state index in [1.54, 1.807) is 22.3 Å². The average molecular weight is 638 g/mol. The van der Waals surface area contributed by atoms with E-state index < -0.39 is 0 Å². The highest BCUT2D eigenvalue weighted by Crippen LogP contribution is 2.31. The van der Waals surface area contributed by atoms with Crippen LogP contribution in [-0.2, 0) is 32.1 Å². The first-order chi connectivity index (χ1) is 22.7. The molecule has 46 heavy (non-hydrogen) atoms. The average Bonchev–Trinajstić information content (AvgIpc) is 3.06. The van der Waals surface area contributed by atoms with E-state index in [0.717, 1.165) is 0 Å². The zero-order chi connectivity index (χ0) is 33.3. The van der Waals surface area contributed by atoms with Gasteiger partial charge in [0.05, 0.1) is 0 Å². The maximum absolute atomic E-state index is 4.27. The third kappa shape index (κ3) is 22.0. The Morgan fingerprint density at radius 3 is 0.739 bits per heavy atom. The van der Waals surface area contributed by atoms with E-state index >= 15 is 0 Å². The normalized spacial score (nSPS) is 11.6. The van der Waals surface area contributed by atoms with E-state index in [4.69, 9.17) is 0 Å². The van der Waals surface area contributed by atoms with Gasteiger partial charge in [-0.05, 0) is 98.1 Å². The van der Waals surface area contributed by atoms with Gasteiger partial charge in [-0.25, -0.2) is 0 Å². The third-order valence-corrected chi connectivity index (χ3v) is 10.7. The lowest BCUT2D eigenvalue weighted by Gasteiger charge is -2.23. The molecular formula is C46H85. The van der Waals surface area contributed by atoms with E-state index in [9.17, 15) is 0 Å². The number of benzene rings is 1. The zero-order valence-electron chi connectivity index (χ0n) is 32.7. The molecule has 0 N–H and O–H groups in total. The summed E-state index contributed by atoms with van der Waals surface area (Å²) in [4.78, 5) is 0. The summed E-state index contributed by atoms with van der Waals surface area (Å²) in [7, 11) is 0. The molecule has 0 aliphatic rings. The zero-order valence-corrected chi connectivity index (χ0v) is 32.7. The summed E-state index contributed by atoms with van der Waals surface area (Å²) in [5, 5.41) is 0. The highest BCUT2D eigenvalue weighted by atomic mass is 14.2. The molecule has 0 saturated heterocycles. The Labute approximate surface area is 292 Å². The molecule has 0 bridgehead atoms. The number of rotatable bonds is 35. The van der Waals surface area contributed by atoms with Gasteiger partial charge in [0.15, 0.2) is 0 Å². The number of hydrogen-bond acceptors (Lipinski definition) is 0. The molecule has 1 aromatic rings. The van der Waals surface area contributed by atoms with Gasteiger partial charge < -0.3 is 0 Å². The minimum atomic E-state index is 1.28. The maximum Gasteiger partial charge on any atom is -0.0108 e. The molecule has 0 aromatic heterocycles. The van der Waals surface area contributed by atoms with E-state index in [0.29, 0.717) is 0 Å². The van der Waals surface area contributed by atoms with Gasteiger partial charge in [0.25, 0.3) is 0 Å². The Kier molecular flexibility index (Phi) is 30.8. The third-order valence-electron chi connectivity index (χ3n) is 10.7. The van der Waals surface area contributed by atoms with Crippen LogP contribution in [0.2, 0.25) is 0 Å².